The molecule has 0 bridgehead atoms. The second-order valence-corrected chi connectivity index (χ2v) is 4.93. The maximum atomic E-state index is 6.07. The van der Waals surface area contributed by atoms with Crippen molar-refractivity contribution in [3.63, 3.8) is 0 Å². The van der Waals surface area contributed by atoms with E-state index in [4.69, 9.17) is 5.73 Å². The molecule has 0 saturated carbocycles. The van der Waals surface area contributed by atoms with E-state index in [1.807, 2.05) is 6.92 Å². The van der Waals surface area contributed by atoms with Crippen LogP contribution >= 0.6 is 22.9 Å². The van der Waals surface area contributed by atoms with Crippen LogP contribution in [0.4, 0.5) is 0 Å². The molecular formula is C10H12N2S2. The molecule has 0 spiro atoms. The summed E-state index contributed by atoms with van der Waals surface area (Å²) in [6.07, 6.45) is 0.908. The molecule has 2 aromatic heterocycles. The zero-order valence-electron chi connectivity index (χ0n) is 7.93. The molecule has 2 heterocycles. The SMILES string of the molecule is Cc1cc(C(N)Cc2ccsc2)sn1. The van der Waals surface area contributed by atoms with Crippen LogP contribution < -0.4 is 5.73 Å². The molecule has 0 aliphatic rings. The molecule has 1 unspecified atom stereocenters. The summed E-state index contributed by atoms with van der Waals surface area (Å²) >= 11 is 3.22. The third kappa shape index (κ3) is 2.20. The van der Waals surface area contributed by atoms with Gasteiger partial charge in [-0.1, -0.05) is 0 Å². The van der Waals surface area contributed by atoms with Gasteiger partial charge in [-0.15, -0.1) is 0 Å². The Kier molecular flexibility index (Phi) is 2.96. The van der Waals surface area contributed by atoms with Crippen molar-refractivity contribution in [3.8, 4) is 0 Å². The molecule has 14 heavy (non-hydrogen) atoms. The van der Waals surface area contributed by atoms with Gasteiger partial charge in [0, 0.05) is 10.9 Å². The van der Waals surface area contributed by atoms with Gasteiger partial charge in [0.1, 0.15) is 0 Å². The largest absolute Gasteiger partial charge is 0.323 e. The van der Waals surface area contributed by atoms with Gasteiger partial charge < -0.3 is 5.73 Å². The Morgan fingerprint density at radius 3 is 3.00 bits per heavy atom. The summed E-state index contributed by atoms with van der Waals surface area (Å²) < 4.78 is 4.23. The zero-order valence-corrected chi connectivity index (χ0v) is 9.57. The summed E-state index contributed by atoms with van der Waals surface area (Å²) in [7, 11) is 0. The van der Waals surface area contributed by atoms with Crippen LogP contribution in [0.3, 0.4) is 0 Å². The van der Waals surface area contributed by atoms with Gasteiger partial charge in [0.2, 0.25) is 0 Å². The number of rotatable bonds is 3. The van der Waals surface area contributed by atoms with Crippen molar-refractivity contribution in [3.05, 3.63) is 39.0 Å². The molecule has 2 aromatic rings. The van der Waals surface area contributed by atoms with Crippen molar-refractivity contribution in [1.82, 2.24) is 4.37 Å². The monoisotopic (exact) mass is 224 g/mol. The van der Waals surface area contributed by atoms with Crippen molar-refractivity contribution < 1.29 is 0 Å². The summed E-state index contributed by atoms with van der Waals surface area (Å²) in [4.78, 5) is 1.17. The highest BCUT2D eigenvalue weighted by Gasteiger charge is 2.09. The predicted octanol–water partition coefficient (Wildman–Crippen LogP) is 2.76. The molecule has 0 amide bonds. The van der Waals surface area contributed by atoms with E-state index in [2.05, 4.69) is 27.3 Å². The molecule has 0 fully saturated rings. The standard InChI is InChI=1S/C10H12N2S2/c1-7-4-10(14-12-7)9(11)5-8-2-3-13-6-8/h2-4,6,9H,5,11H2,1H3. The number of hydrogen-bond acceptors (Lipinski definition) is 4. The minimum absolute atomic E-state index is 0.0933. The van der Waals surface area contributed by atoms with Crippen LogP contribution in [0.5, 0.6) is 0 Å². The third-order valence-electron chi connectivity index (χ3n) is 2.05. The molecule has 2 rings (SSSR count). The van der Waals surface area contributed by atoms with Gasteiger partial charge in [-0.2, -0.15) is 15.7 Å². The lowest BCUT2D eigenvalue weighted by atomic mass is 10.1. The Morgan fingerprint density at radius 2 is 2.43 bits per heavy atom. The Hall–Kier alpha value is -0.710. The lowest BCUT2D eigenvalue weighted by Crippen LogP contribution is -2.11. The fourth-order valence-electron chi connectivity index (χ4n) is 1.32. The van der Waals surface area contributed by atoms with Gasteiger partial charge in [0.15, 0.2) is 0 Å². The van der Waals surface area contributed by atoms with Crippen LogP contribution in [0.15, 0.2) is 22.9 Å². The normalized spacial score (nSPS) is 13.0. The van der Waals surface area contributed by atoms with E-state index in [1.165, 1.54) is 22.0 Å². The highest BCUT2D eigenvalue weighted by molar-refractivity contribution is 7.08. The molecule has 2 nitrogen and oxygen atoms in total. The Balaban J connectivity index is 2.06. The first-order valence-electron chi connectivity index (χ1n) is 4.45. The molecule has 2 N–H and O–H groups in total. The number of aromatic nitrogens is 1. The summed E-state index contributed by atoms with van der Waals surface area (Å²) in [6, 6.07) is 4.29. The molecule has 0 aromatic carbocycles. The topological polar surface area (TPSA) is 38.9 Å². The van der Waals surface area contributed by atoms with Gasteiger partial charge in [-0.25, -0.2) is 0 Å². The smallest absolute Gasteiger partial charge is 0.0514 e. The maximum Gasteiger partial charge on any atom is 0.0514 e. The van der Waals surface area contributed by atoms with Crippen molar-refractivity contribution in [1.29, 1.82) is 0 Å². The second kappa shape index (κ2) is 4.21. The highest BCUT2D eigenvalue weighted by atomic mass is 32.1. The molecule has 1 atom stereocenters. The fraction of sp³-hybridized carbons (Fsp3) is 0.300. The van der Waals surface area contributed by atoms with E-state index in [-0.39, 0.29) is 6.04 Å². The van der Waals surface area contributed by atoms with Gasteiger partial charge in [-0.3, -0.25) is 0 Å². The zero-order chi connectivity index (χ0) is 9.97. The van der Waals surface area contributed by atoms with Crippen molar-refractivity contribution >= 4 is 22.9 Å². The van der Waals surface area contributed by atoms with E-state index in [0.29, 0.717) is 0 Å². The van der Waals surface area contributed by atoms with Gasteiger partial charge in [0.25, 0.3) is 0 Å². The third-order valence-corrected chi connectivity index (χ3v) is 3.79. The minimum Gasteiger partial charge on any atom is -0.323 e. The fourth-order valence-corrected chi connectivity index (χ4v) is 2.75. The highest BCUT2D eigenvalue weighted by Crippen LogP contribution is 2.21. The minimum atomic E-state index is 0.0933. The van der Waals surface area contributed by atoms with E-state index >= 15 is 0 Å². The van der Waals surface area contributed by atoms with E-state index < -0.39 is 0 Å². The van der Waals surface area contributed by atoms with Crippen LogP contribution in [-0.2, 0) is 6.42 Å². The van der Waals surface area contributed by atoms with E-state index in [0.717, 1.165) is 12.1 Å². The van der Waals surface area contributed by atoms with E-state index in [9.17, 15) is 0 Å². The molecule has 0 aliphatic heterocycles. The van der Waals surface area contributed by atoms with Crippen molar-refractivity contribution in [2.24, 2.45) is 5.73 Å². The number of nitrogens with two attached hydrogens (primary N) is 1. The van der Waals surface area contributed by atoms with Crippen LogP contribution in [0.2, 0.25) is 0 Å². The van der Waals surface area contributed by atoms with Crippen LogP contribution in [-0.4, -0.2) is 4.37 Å². The molecular weight excluding hydrogens is 212 g/mol. The Bertz CT molecular complexity index is 392. The molecule has 0 saturated heterocycles. The van der Waals surface area contributed by atoms with Crippen LogP contribution in [0.1, 0.15) is 22.2 Å². The van der Waals surface area contributed by atoms with Crippen molar-refractivity contribution in [2.75, 3.05) is 0 Å². The average molecular weight is 224 g/mol. The van der Waals surface area contributed by atoms with Crippen molar-refractivity contribution in [2.45, 2.75) is 19.4 Å². The number of nitrogens with zero attached hydrogens (tertiary/aromatic N) is 1. The first kappa shape index (κ1) is 9.83. The number of thiophene rings is 1. The molecule has 0 aliphatic carbocycles. The number of aryl methyl sites for hydroxylation is 1. The summed E-state index contributed by atoms with van der Waals surface area (Å²) in [6.45, 7) is 2.00. The van der Waals surface area contributed by atoms with Gasteiger partial charge in [-0.05, 0) is 53.3 Å². The Morgan fingerprint density at radius 1 is 1.57 bits per heavy atom. The Labute approximate surface area is 91.6 Å². The van der Waals surface area contributed by atoms with Crippen LogP contribution in [0, 0.1) is 6.92 Å². The lowest BCUT2D eigenvalue weighted by Gasteiger charge is -2.06. The number of hydrogen-bond donors (Lipinski definition) is 1. The lowest BCUT2D eigenvalue weighted by molar-refractivity contribution is 0.738. The van der Waals surface area contributed by atoms with E-state index in [1.54, 1.807) is 11.3 Å². The molecule has 0 radical (unpaired) electrons. The predicted molar refractivity (Wildman–Crippen MR) is 61.8 cm³/mol. The quantitative estimate of drug-likeness (QED) is 0.870. The van der Waals surface area contributed by atoms with Gasteiger partial charge >= 0.3 is 0 Å². The molecule has 74 valence electrons. The first-order valence-corrected chi connectivity index (χ1v) is 6.17. The first-order chi connectivity index (χ1) is 6.75. The summed E-state index contributed by atoms with van der Waals surface area (Å²) in [5.74, 6) is 0. The summed E-state index contributed by atoms with van der Waals surface area (Å²) in [5, 5.41) is 4.23. The summed E-state index contributed by atoms with van der Waals surface area (Å²) in [5.41, 5.74) is 8.45. The maximum absolute atomic E-state index is 6.07. The van der Waals surface area contributed by atoms with Gasteiger partial charge in [0.05, 0.1) is 5.69 Å². The van der Waals surface area contributed by atoms with Crippen LogP contribution in [0.25, 0.3) is 0 Å². The second-order valence-electron chi connectivity index (χ2n) is 3.31. The molecule has 4 heteroatoms. The average Bonchev–Trinajstić information content (AvgIpc) is 2.75.